The third-order valence-electron chi connectivity index (χ3n) is 3.97. The molecule has 14 heavy (non-hydrogen) atoms. The Morgan fingerprint density at radius 1 is 1.00 bits per heavy atom. The van der Waals surface area contributed by atoms with E-state index in [0.717, 1.165) is 6.42 Å². The zero-order valence-corrected chi connectivity index (χ0v) is 9.28. The molecule has 2 aliphatic rings. The predicted octanol–water partition coefficient (Wildman–Crippen LogP) is 2.16. The van der Waals surface area contributed by atoms with Crippen molar-refractivity contribution in [3.8, 4) is 0 Å². The van der Waals surface area contributed by atoms with Gasteiger partial charge in [-0.25, -0.2) is 0 Å². The van der Waals surface area contributed by atoms with Crippen LogP contribution in [0.2, 0.25) is 0 Å². The second-order valence-corrected chi connectivity index (χ2v) is 5.00. The van der Waals surface area contributed by atoms with Gasteiger partial charge < -0.3 is 5.11 Å². The first kappa shape index (κ1) is 10.4. The SMILES string of the molecule is CC1CCCCN1[C@H]1CCCC[C@@H]1O. The van der Waals surface area contributed by atoms with Crippen LogP contribution in [0.3, 0.4) is 0 Å². The number of hydrogen-bond acceptors (Lipinski definition) is 2. The molecule has 0 amide bonds. The van der Waals surface area contributed by atoms with Crippen LogP contribution in [0.4, 0.5) is 0 Å². The summed E-state index contributed by atoms with van der Waals surface area (Å²) in [5.74, 6) is 0. The lowest BCUT2D eigenvalue weighted by Gasteiger charge is -2.43. The molecule has 1 aliphatic carbocycles. The molecule has 1 unspecified atom stereocenters. The zero-order valence-electron chi connectivity index (χ0n) is 9.28. The zero-order chi connectivity index (χ0) is 9.97. The fraction of sp³-hybridized carbons (Fsp3) is 1.00. The molecule has 0 spiro atoms. The van der Waals surface area contributed by atoms with E-state index >= 15 is 0 Å². The van der Waals surface area contributed by atoms with Crippen molar-refractivity contribution in [2.75, 3.05) is 6.54 Å². The number of hydrogen-bond donors (Lipinski definition) is 1. The second-order valence-electron chi connectivity index (χ2n) is 5.00. The molecule has 1 heterocycles. The van der Waals surface area contributed by atoms with Gasteiger partial charge in [-0.3, -0.25) is 4.90 Å². The Balaban J connectivity index is 1.96. The predicted molar refractivity (Wildman–Crippen MR) is 58.3 cm³/mol. The van der Waals surface area contributed by atoms with Gasteiger partial charge in [0.25, 0.3) is 0 Å². The van der Waals surface area contributed by atoms with Crippen LogP contribution in [0.1, 0.15) is 51.9 Å². The molecule has 3 atom stereocenters. The Kier molecular flexibility index (Phi) is 3.45. The number of rotatable bonds is 1. The molecule has 0 radical (unpaired) electrons. The lowest BCUT2D eigenvalue weighted by Crippen LogP contribution is -2.51. The summed E-state index contributed by atoms with van der Waals surface area (Å²) in [6, 6.07) is 1.17. The van der Waals surface area contributed by atoms with Crippen molar-refractivity contribution in [3.05, 3.63) is 0 Å². The summed E-state index contributed by atoms with van der Waals surface area (Å²) < 4.78 is 0. The summed E-state index contributed by atoms with van der Waals surface area (Å²) in [7, 11) is 0. The van der Waals surface area contributed by atoms with Crippen LogP contribution in [-0.4, -0.2) is 34.7 Å². The normalized spacial score (nSPS) is 41.1. The van der Waals surface area contributed by atoms with E-state index in [1.165, 1.54) is 45.1 Å². The summed E-state index contributed by atoms with van der Waals surface area (Å²) >= 11 is 0. The maximum Gasteiger partial charge on any atom is 0.0695 e. The third kappa shape index (κ3) is 2.12. The van der Waals surface area contributed by atoms with Crippen molar-refractivity contribution in [3.63, 3.8) is 0 Å². The molecule has 1 aliphatic heterocycles. The van der Waals surface area contributed by atoms with Crippen LogP contribution < -0.4 is 0 Å². The average molecular weight is 197 g/mol. The van der Waals surface area contributed by atoms with Crippen LogP contribution in [0.5, 0.6) is 0 Å². The largest absolute Gasteiger partial charge is 0.391 e. The van der Waals surface area contributed by atoms with Gasteiger partial charge in [0.1, 0.15) is 0 Å². The summed E-state index contributed by atoms with van der Waals surface area (Å²) in [6.45, 7) is 3.53. The van der Waals surface area contributed by atoms with E-state index in [-0.39, 0.29) is 6.10 Å². The van der Waals surface area contributed by atoms with Crippen molar-refractivity contribution >= 4 is 0 Å². The minimum atomic E-state index is -0.0516. The van der Waals surface area contributed by atoms with E-state index < -0.39 is 0 Å². The lowest BCUT2D eigenvalue weighted by atomic mass is 9.88. The Morgan fingerprint density at radius 2 is 1.71 bits per heavy atom. The van der Waals surface area contributed by atoms with Gasteiger partial charge in [-0.1, -0.05) is 19.3 Å². The van der Waals surface area contributed by atoms with Crippen LogP contribution in [0.25, 0.3) is 0 Å². The molecule has 2 rings (SSSR count). The Hall–Kier alpha value is -0.0800. The summed E-state index contributed by atoms with van der Waals surface area (Å²) in [6.07, 6.45) is 8.74. The monoisotopic (exact) mass is 197 g/mol. The van der Waals surface area contributed by atoms with Crippen molar-refractivity contribution < 1.29 is 5.11 Å². The Labute approximate surface area is 87.3 Å². The van der Waals surface area contributed by atoms with Crippen LogP contribution in [0.15, 0.2) is 0 Å². The maximum absolute atomic E-state index is 10.00. The van der Waals surface area contributed by atoms with Gasteiger partial charge in [0.05, 0.1) is 6.10 Å². The fourth-order valence-electron chi connectivity index (χ4n) is 3.09. The number of nitrogens with zero attached hydrogens (tertiary/aromatic N) is 1. The van der Waals surface area contributed by atoms with Gasteiger partial charge in [0.2, 0.25) is 0 Å². The summed E-state index contributed by atoms with van der Waals surface area (Å²) in [4.78, 5) is 2.56. The molecule has 0 bridgehead atoms. The lowest BCUT2D eigenvalue weighted by molar-refractivity contribution is -0.0105. The first-order chi connectivity index (χ1) is 6.79. The molecule has 2 fully saturated rings. The molecule has 1 N–H and O–H groups in total. The molecular formula is C12H23NO. The Bertz CT molecular complexity index is 163. The van der Waals surface area contributed by atoms with Gasteiger partial charge in [0, 0.05) is 12.1 Å². The smallest absolute Gasteiger partial charge is 0.0695 e. The topological polar surface area (TPSA) is 23.5 Å². The average Bonchev–Trinajstić information content (AvgIpc) is 2.20. The van der Waals surface area contributed by atoms with Crippen LogP contribution in [-0.2, 0) is 0 Å². The first-order valence-corrected chi connectivity index (χ1v) is 6.23. The number of piperidine rings is 1. The molecule has 0 aromatic rings. The molecule has 1 saturated heterocycles. The molecule has 1 saturated carbocycles. The third-order valence-corrected chi connectivity index (χ3v) is 3.97. The van der Waals surface area contributed by atoms with E-state index in [0.29, 0.717) is 12.1 Å². The van der Waals surface area contributed by atoms with Crippen molar-refractivity contribution in [2.45, 2.75) is 70.1 Å². The van der Waals surface area contributed by atoms with Crippen LogP contribution >= 0.6 is 0 Å². The summed E-state index contributed by atoms with van der Waals surface area (Å²) in [5.41, 5.74) is 0. The van der Waals surface area contributed by atoms with E-state index in [1.807, 2.05) is 0 Å². The quantitative estimate of drug-likeness (QED) is 0.696. The maximum atomic E-state index is 10.00. The van der Waals surface area contributed by atoms with Gasteiger partial charge in [-0.05, 0) is 39.2 Å². The molecule has 82 valence electrons. The van der Waals surface area contributed by atoms with Gasteiger partial charge in [-0.2, -0.15) is 0 Å². The van der Waals surface area contributed by atoms with Gasteiger partial charge in [0.15, 0.2) is 0 Å². The van der Waals surface area contributed by atoms with E-state index in [4.69, 9.17) is 0 Å². The highest BCUT2D eigenvalue weighted by atomic mass is 16.3. The highest BCUT2D eigenvalue weighted by Crippen LogP contribution is 2.28. The molecule has 0 aromatic carbocycles. The van der Waals surface area contributed by atoms with Gasteiger partial charge in [-0.15, -0.1) is 0 Å². The van der Waals surface area contributed by atoms with Crippen molar-refractivity contribution in [1.29, 1.82) is 0 Å². The van der Waals surface area contributed by atoms with Crippen molar-refractivity contribution in [2.24, 2.45) is 0 Å². The molecule has 0 aromatic heterocycles. The minimum Gasteiger partial charge on any atom is -0.391 e. The number of aliphatic hydroxyl groups excluding tert-OH is 1. The number of aliphatic hydroxyl groups is 1. The second kappa shape index (κ2) is 4.63. The summed E-state index contributed by atoms with van der Waals surface area (Å²) in [5, 5.41) is 10.00. The highest BCUT2D eigenvalue weighted by Gasteiger charge is 2.32. The minimum absolute atomic E-state index is 0.0516. The van der Waals surface area contributed by atoms with Gasteiger partial charge >= 0.3 is 0 Å². The molecular weight excluding hydrogens is 174 g/mol. The Morgan fingerprint density at radius 3 is 2.43 bits per heavy atom. The molecule has 2 nitrogen and oxygen atoms in total. The van der Waals surface area contributed by atoms with E-state index in [2.05, 4.69) is 11.8 Å². The molecule has 2 heteroatoms. The standard InChI is InChI=1S/C12H23NO/c1-10-6-4-5-9-13(10)11-7-2-3-8-12(11)14/h10-12,14H,2-9H2,1H3/t10?,11-,12-/m0/s1. The first-order valence-electron chi connectivity index (χ1n) is 6.23. The van der Waals surface area contributed by atoms with E-state index in [1.54, 1.807) is 0 Å². The van der Waals surface area contributed by atoms with Crippen LogP contribution in [0, 0.1) is 0 Å². The van der Waals surface area contributed by atoms with E-state index in [9.17, 15) is 5.11 Å². The highest BCUT2D eigenvalue weighted by molar-refractivity contribution is 4.87. The van der Waals surface area contributed by atoms with Crippen molar-refractivity contribution in [1.82, 2.24) is 4.90 Å². The number of likely N-dealkylation sites (tertiary alicyclic amines) is 1. The fourth-order valence-corrected chi connectivity index (χ4v) is 3.09.